The molecule has 0 saturated carbocycles. The van der Waals surface area contributed by atoms with Gasteiger partial charge in [-0.2, -0.15) is 0 Å². The lowest BCUT2D eigenvalue weighted by Gasteiger charge is -2.16. The Labute approximate surface area is 167 Å². The van der Waals surface area contributed by atoms with E-state index in [4.69, 9.17) is 27.9 Å². The number of hydrogen-bond donors (Lipinski definition) is 2. The number of urea groups is 1. The van der Waals surface area contributed by atoms with E-state index in [1.165, 1.54) is 0 Å². The second kappa shape index (κ2) is 8.24. The first-order valence-electron chi connectivity index (χ1n) is 8.64. The summed E-state index contributed by atoms with van der Waals surface area (Å²) in [5.74, 6) is -0.408. The highest BCUT2D eigenvalue weighted by molar-refractivity contribution is 7.92. The molecule has 3 atom stereocenters. The fourth-order valence-electron chi connectivity index (χ4n) is 3.49. The Bertz CT molecular complexity index is 846. The number of rotatable bonds is 7. The van der Waals surface area contributed by atoms with Crippen molar-refractivity contribution in [3.05, 3.63) is 33.8 Å². The van der Waals surface area contributed by atoms with Crippen LogP contribution in [0.2, 0.25) is 10.0 Å². The first kappa shape index (κ1) is 20.2. The molecule has 0 unspecified atom stereocenters. The third-order valence-corrected chi connectivity index (χ3v) is 7.71. The fourth-order valence-corrected chi connectivity index (χ4v) is 6.22. The summed E-state index contributed by atoms with van der Waals surface area (Å²) in [4.78, 5) is 23.2. The SMILES string of the molecule is O=C1N[C@H]2[C@@H](CCCCC(=O)OCc3ccc(Cl)cc3Cl)S(=O)(=O)C[C@H]2N1. The molecule has 0 aromatic heterocycles. The predicted molar refractivity (Wildman–Crippen MR) is 102 cm³/mol. The summed E-state index contributed by atoms with van der Waals surface area (Å²) in [5.41, 5.74) is 0.669. The van der Waals surface area contributed by atoms with E-state index < -0.39 is 15.1 Å². The third kappa shape index (κ3) is 4.86. The zero-order valence-electron chi connectivity index (χ0n) is 14.4. The van der Waals surface area contributed by atoms with E-state index in [0.717, 1.165) is 0 Å². The average molecular weight is 435 g/mol. The van der Waals surface area contributed by atoms with Gasteiger partial charge in [0.05, 0.1) is 23.1 Å². The molecule has 0 radical (unpaired) electrons. The molecule has 2 aliphatic heterocycles. The van der Waals surface area contributed by atoms with E-state index in [2.05, 4.69) is 10.6 Å². The number of carbonyl (C=O) groups excluding carboxylic acids is 2. The average Bonchev–Trinajstić information content (AvgIpc) is 3.02. The van der Waals surface area contributed by atoms with Gasteiger partial charge in [0.2, 0.25) is 0 Å². The highest BCUT2D eigenvalue weighted by Crippen LogP contribution is 2.28. The van der Waals surface area contributed by atoms with Gasteiger partial charge in [-0.25, -0.2) is 13.2 Å². The Kier molecular flexibility index (Phi) is 6.18. The first-order valence-corrected chi connectivity index (χ1v) is 11.1. The van der Waals surface area contributed by atoms with Gasteiger partial charge in [0.1, 0.15) is 6.61 Å². The zero-order valence-corrected chi connectivity index (χ0v) is 16.7. The van der Waals surface area contributed by atoms with Crippen LogP contribution in [-0.4, -0.2) is 43.5 Å². The van der Waals surface area contributed by atoms with Gasteiger partial charge in [0.15, 0.2) is 9.84 Å². The number of unbranched alkanes of at least 4 members (excludes halogenated alkanes) is 1. The second-order valence-corrected chi connectivity index (χ2v) is 9.87. The van der Waals surface area contributed by atoms with E-state index in [-0.39, 0.29) is 42.9 Å². The van der Waals surface area contributed by atoms with Crippen molar-refractivity contribution in [1.29, 1.82) is 0 Å². The fraction of sp³-hybridized carbons (Fsp3) is 0.529. The molecule has 2 aliphatic rings. The number of halogens is 2. The Morgan fingerprint density at radius 3 is 2.74 bits per heavy atom. The second-order valence-electron chi connectivity index (χ2n) is 6.76. The van der Waals surface area contributed by atoms with Gasteiger partial charge in [-0.15, -0.1) is 0 Å². The quantitative estimate of drug-likeness (QED) is 0.389. The molecule has 1 aromatic rings. The molecule has 0 bridgehead atoms. The molecule has 148 valence electrons. The van der Waals surface area contributed by atoms with Gasteiger partial charge < -0.3 is 15.4 Å². The molecule has 1 aromatic carbocycles. The number of ether oxygens (including phenoxy) is 1. The highest BCUT2D eigenvalue weighted by atomic mass is 35.5. The first-order chi connectivity index (χ1) is 12.8. The summed E-state index contributed by atoms with van der Waals surface area (Å²) in [6.07, 6.45) is 1.66. The molecule has 10 heteroatoms. The zero-order chi connectivity index (χ0) is 19.6. The minimum atomic E-state index is -3.24. The minimum absolute atomic E-state index is 0.0367. The lowest BCUT2D eigenvalue weighted by Crippen LogP contribution is -2.39. The number of fused-ring (bicyclic) bond motifs is 1. The van der Waals surface area contributed by atoms with Crippen molar-refractivity contribution in [2.24, 2.45) is 0 Å². The standard InChI is InChI=1S/C17H20Cl2N2O5S/c18-11-6-5-10(12(19)7-11)8-26-15(22)4-2-1-3-14-16-13(9-27(14,24)25)20-17(23)21-16/h5-7,13-14,16H,1-4,8-9H2,(H2,20,21,23)/t13-,14-,16-/m1/s1. The van der Waals surface area contributed by atoms with Crippen LogP contribution in [0.1, 0.15) is 31.2 Å². The minimum Gasteiger partial charge on any atom is -0.461 e. The molecule has 0 spiro atoms. The predicted octanol–water partition coefficient (Wildman–Crippen LogP) is 2.44. The van der Waals surface area contributed by atoms with Crippen molar-refractivity contribution in [3.63, 3.8) is 0 Å². The molecule has 3 rings (SSSR count). The van der Waals surface area contributed by atoms with Crippen LogP contribution in [0.3, 0.4) is 0 Å². The van der Waals surface area contributed by atoms with E-state index in [0.29, 0.717) is 34.9 Å². The molecule has 27 heavy (non-hydrogen) atoms. The number of nitrogens with one attached hydrogen (secondary N) is 2. The van der Waals surface area contributed by atoms with Gasteiger partial charge in [0.25, 0.3) is 0 Å². The summed E-state index contributed by atoms with van der Waals surface area (Å²) in [5, 5.41) is 5.64. The van der Waals surface area contributed by atoms with Crippen molar-refractivity contribution >= 4 is 45.0 Å². The largest absolute Gasteiger partial charge is 0.461 e. The number of sulfone groups is 1. The van der Waals surface area contributed by atoms with Crippen LogP contribution in [0.15, 0.2) is 18.2 Å². The Morgan fingerprint density at radius 1 is 1.22 bits per heavy atom. The van der Waals surface area contributed by atoms with Gasteiger partial charge >= 0.3 is 12.0 Å². The number of amides is 2. The molecule has 2 heterocycles. The summed E-state index contributed by atoms with van der Waals surface area (Å²) < 4.78 is 29.6. The van der Waals surface area contributed by atoms with E-state index in [1.54, 1.807) is 18.2 Å². The molecule has 0 aliphatic carbocycles. The smallest absolute Gasteiger partial charge is 0.315 e. The normalized spacial score (nSPS) is 25.6. The maximum absolute atomic E-state index is 12.2. The van der Waals surface area contributed by atoms with Crippen molar-refractivity contribution in [2.45, 2.75) is 49.6 Å². The number of esters is 1. The van der Waals surface area contributed by atoms with Crippen molar-refractivity contribution in [2.75, 3.05) is 5.75 Å². The van der Waals surface area contributed by atoms with Crippen LogP contribution in [0.5, 0.6) is 0 Å². The van der Waals surface area contributed by atoms with Crippen LogP contribution >= 0.6 is 23.2 Å². The lowest BCUT2D eigenvalue weighted by atomic mass is 10.0. The van der Waals surface area contributed by atoms with Crippen molar-refractivity contribution in [3.8, 4) is 0 Å². The number of carbonyl (C=O) groups is 2. The van der Waals surface area contributed by atoms with Gasteiger partial charge in [-0.3, -0.25) is 4.79 Å². The molecular formula is C17H20Cl2N2O5S. The van der Waals surface area contributed by atoms with E-state index in [1.807, 2.05) is 0 Å². The molecule has 2 amide bonds. The summed E-state index contributed by atoms with van der Waals surface area (Å²) in [7, 11) is -3.24. The van der Waals surface area contributed by atoms with Gasteiger partial charge in [-0.05, 0) is 25.0 Å². The molecule has 2 saturated heterocycles. The van der Waals surface area contributed by atoms with Crippen LogP contribution in [0, 0.1) is 0 Å². The molecule has 2 N–H and O–H groups in total. The number of hydrogen-bond acceptors (Lipinski definition) is 5. The Morgan fingerprint density at radius 2 is 2.00 bits per heavy atom. The number of benzene rings is 1. The lowest BCUT2D eigenvalue weighted by molar-refractivity contribution is -0.145. The Balaban J connectivity index is 1.40. The van der Waals surface area contributed by atoms with Crippen molar-refractivity contribution in [1.82, 2.24) is 10.6 Å². The highest BCUT2D eigenvalue weighted by Gasteiger charge is 2.51. The van der Waals surface area contributed by atoms with Crippen molar-refractivity contribution < 1.29 is 22.7 Å². The van der Waals surface area contributed by atoms with E-state index >= 15 is 0 Å². The Hall–Kier alpha value is -1.51. The summed E-state index contributed by atoms with van der Waals surface area (Å²) in [6, 6.07) is 3.88. The van der Waals surface area contributed by atoms with Gasteiger partial charge in [-0.1, -0.05) is 35.7 Å². The van der Waals surface area contributed by atoms with Crippen LogP contribution in [-0.2, 0) is 26.0 Å². The molecular weight excluding hydrogens is 415 g/mol. The summed E-state index contributed by atoms with van der Waals surface area (Å²) >= 11 is 11.8. The summed E-state index contributed by atoms with van der Waals surface area (Å²) in [6.45, 7) is 0.0628. The van der Waals surface area contributed by atoms with Crippen LogP contribution in [0.4, 0.5) is 4.79 Å². The topological polar surface area (TPSA) is 102 Å². The molecule has 7 nitrogen and oxygen atoms in total. The van der Waals surface area contributed by atoms with E-state index in [9.17, 15) is 18.0 Å². The van der Waals surface area contributed by atoms with Gasteiger partial charge in [0, 0.05) is 22.0 Å². The maximum Gasteiger partial charge on any atom is 0.315 e. The third-order valence-electron chi connectivity index (χ3n) is 4.84. The van der Waals surface area contributed by atoms with Crippen LogP contribution in [0.25, 0.3) is 0 Å². The van der Waals surface area contributed by atoms with Crippen LogP contribution < -0.4 is 10.6 Å². The molecule has 2 fully saturated rings. The maximum atomic E-state index is 12.2. The monoisotopic (exact) mass is 434 g/mol.